The Kier molecular flexibility index (Phi) is 5.46. The van der Waals surface area contributed by atoms with Gasteiger partial charge in [0.15, 0.2) is 5.69 Å². The molecule has 1 atom stereocenters. The van der Waals surface area contributed by atoms with Gasteiger partial charge in [0.2, 0.25) is 0 Å². The van der Waals surface area contributed by atoms with E-state index in [4.69, 9.17) is 4.98 Å². The first-order valence-electron chi connectivity index (χ1n) is 10.7. The molecule has 4 heterocycles. The maximum atomic E-state index is 13.0. The van der Waals surface area contributed by atoms with Crippen molar-refractivity contribution in [2.45, 2.75) is 32.0 Å². The number of imidazole rings is 1. The second-order valence-electron chi connectivity index (χ2n) is 7.89. The van der Waals surface area contributed by atoms with E-state index in [0.717, 1.165) is 48.5 Å². The van der Waals surface area contributed by atoms with Crippen molar-refractivity contribution in [2.24, 2.45) is 0 Å². The highest BCUT2D eigenvalue weighted by Gasteiger charge is 2.31. The standard InChI is InChI=1S/C25H25N5O/c31-25(27-17-19-9-2-1-3-10-19)23-21-12-5-7-16-30(21)24(28-23)22-13-8-15-29(22)18-20-11-4-6-14-26-20/h1-7,9-12,14,16,22H,8,13,15,17-18H2,(H,27,31). The van der Waals surface area contributed by atoms with Gasteiger partial charge in [-0.15, -0.1) is 0 Å². The molecule has 1 aromatic carbocycles. The SMILES string of the molecule is O=C(NCc1ccccc1)c1nc(C2CCCN2Cc2ccccn2)n2ccccc12. The number of fused-ring (bicyclic) bond motifs is 1. The predicted molar refractivity (Wildman–Crippen MR) is 119 cm³/mol. The third-order valence-corrected chi connectivity index (χ3v) is 5.84. The lowest BCUT2D eigenvalue weighted by Crippen LogP contribution is -2.25. The lowest BCUT2D eigenvalue weighted by Gasteiger charge is -2.23. The molecule has 4 aromatic rings. The van der Waals surface area contributed by atoms with Gasteiger partial charge in [-0.05, 0) is 49.2 Å². The van der Waals surface area contributed by atoms with Crippen LogP contribution in [-0.4, -0.2) is 31.7 Å². The number of carbonyl (C=O) groups excluding carboxylic acids is 1. The first-order valence-corrected chi connectivity index (χ1v) is 10.7. The fourth-order valence-electron chi connectivity index (χ4n) is 4.33. The number of benzene rings is 1. The Morgan fingerprint density at radius 1 is 1.03 bits per heavy atom. The summed E-state index contributed by atoms with van der Waals surface area (Å²) in [5.74, 6) is 0.780. The first kappa shape index (κ1) is 19.5. The second kappa shape index (κ2) is 8.70. The number of hydrogen-bond acceptors (Lipinski definition) is 4. The Morgan fingerprint density at radius 2 is 1.87 bits per heavy atom. The number of rotatable bonds is 6. The highest BCUT2D eigenvalue weighted by atomic mass is 16.1. The van der Waals surface area contributed by atoms with Crippen molar-refractivity contribution < 1.29 is 4.79 Å². The van der Waals surface area contributed by atoms with Crippen molar-refractivity contribution in [3.8, 4) is 0 Å². The van der Waals surface area contributed by atoms with E-state index in [0.29, 0.717) is 12.2 Å². The summed E-state index contributed by atoms with van der Waals surface area (Å²) in [5.41, 5.74) is 3.44. The van der Waals surface area contributed by atoms with E-state index >= 15 is 0 Å². The number of nitrogens with zero attached hydrogens (tertiary/aromatic N) is 4. The molecule has 5 rings (SSSR count). The minimum absolute atomic E-state index is 0.145. The van der Waals surface area contributed by atoms with E-state index in [2.05, 4.69) is 25.7 Å². The van der Waals surface area contributed by atoms with Crippen LogP contribution in [0.2, 0.25) is 0 Å². The molecule has 156 valence electrons. The number of amides is 1. The highest BCUT2D eigenvalue weighted by molar-refractivity contribution is 5.99. The Hall–Kier alpha value is -3.51. The van der Waals surface area contributed by atoms with Crippen molar-refractivity contribution in [3.05, 3.63) is 102 Å². The molecule has 31 heavy (non-hydrogen) atoms. The molecular weight excluding hydrogens is 386 g/mol. The molecule has 1 amide bonds. The molecule has 1 unspecified atom stereocenters. The largest absolute Gasteiger partial charge is 0.347 e. The van der Waals surface area contributed by atoms with Crippen LogP contribution in [-0.2, 0) is 13.1 Å². The van der Waals surface area contributed by atoms with Gasteiger partial charge in [0.1, 0.15) is 5.82 Å². The molecule has 3 aromatic heterocycles. The maximum Gasteiger partial charge on any atom is 0.272 e. The Labute approximate surface area is 181 Å². The second-order valence-corrected chi connectivity index (χ2v) is 7.89. The molecule has 1 fully saturated rings. The Balaban J connectivity index is 1.42. The number of aromatic nitrogens is 3. The van der Waals surface area contributed by atoms with Crippen LogP contribution < -0.4 is 5.32 Å². The number of hydrogen-bond donors (Lipinski definition) is 1. The van der Waals surface area contributed by atoms with Gasteiger partial charge in [-0.1, -0.05) is 42.5 Å². The van der Waals surface area contributed by atoms with Gasteiger partial charge in [-0.2, -0.15) is 0 Å². The molecular formula is C25H25N5O. The van der Waals surface area contributed by atoms with Crippen LogP contribution in [0.1, 0.15) is 46.5 Å². The maximum absolute atomic E-state index is 13.0. The highest BCUT2D eigenvalue weighted by Crippen LogP contribution is 2.33. The van der Waals surface area contributed by atoms with E-state index in [1.807, 2.05) is 73.1 Å². The van der Waals surface area contributed by atoms with Crippen LogP contribution in [0, 0.1) is 0 Å². The van der Waals surface area contributed by atoms with Gasteiger partial charge >= 0.3 is 0 Å². The zero-order chi connectivity index (χ0) is 21.0. The van der Waals surface area contributed by atoms with E-state index in [9.17, 15) is 4.79 Å². The average Bonchev–Trinajstić information content (AvgIpc) is 3.43. The van der Waals surface area contributed by atoms with Gasteiger partial charge in [0.05, 0.1) is 17.3 Å². The quantitative estimate of drug-likeness (QED) is 0.521. The fraction of sp³-hybridized carbons (Fsp3) is 0.240. The number of pyridine rings is 2. The van der Waals surface area contributed by atoms with Crippen molar-refractivity contribution in [1.29, 1.82) is 0 Å². The van der Waals surface area contributed by atoms with Crippen molar-refractivity contribution in [2.75, 3.05) is 6.54 Å². The summed E-state index contributed by atoms with van der Waals surface area (Å²) in [6.45, 7) is 2.26. The lowest BCUT2D eigenvalue weighted by atomic mass is 10.2. The monoisotopic (exact) mass is 411 g/mol. The molecule has 0 bridgehead atoms. The molecule has 0 spiro atoms. The van der Waals surface area contributed by atoms with Gasteiger partial charge in [0.25, 0.3) is 5.91 Å². The molecule has 1 saturated heterocycles. The van der Waals surface area contributed by atoms with Gasteiger partial charge in [0, 0.05) is 25.5 Å². The number of nitrogens with one attached hydrogen (secondary N) is 1. The molecule has 0 aliphatic carbocycles. The van der Waals surface area contributed by atoms with Crippen LogP contribution in [0.4, 0.5) is 0 Å². The fourth-order valence-corrected chi connectivity index (χ4v) is 4.33. The number of carbonyl (C=O) groups is 1. The Bertz CT molecular complexity index is 1170. The predicted octanol–water partition coefficient (Wildman–Crippen LogP) is 4.00. The normalized spacial score (nSPS) is 16.6. The summed E-state index contributed by atoms with van der Waals surface area (Å²) < 4.78 is 2.07. The third-order valence-electron chi connectivity index (χ3n) is 5.84. The minimum atomic E-state index is -0.145. The smallest absolute Gasteiger partial charge is 0.272 e. The van der Waals surface area contributed by atoms with Crippen LogP contribution in [0.25, 0.3) is 5.52 Å². The zero-order valence-electron chi connectivity index (χ0n) is 17.3. The van der Waals surface area contributed by atoms with Crippen LogP contribution in [0.15, 0.2) is 79.1 Å². The summed E-state index contributed by atoms with van der Waals surface area (Å²) in [5, 5.41) is 3.02. The molecule has 0 radical (unpaired) electrons. The topological polar surface area (TPSA) is 62.5 Å². The zero-order valence-corrected chi connectivity index (χ0v) is 17.3. The summed E-state index contributed by atoms with van der Waals surface area (Å²) in [6.07, 6.45) is 5.96. The molecule has 1 N–H and O–H groups in total. The van der Waals surface area contributed by atoms with E-state index in [-0.39, 0.29) is 11.9 Å². The van der Waals surface area contributed by atoms with Crippen LogP contribution in [0.3, 0.4) is 0 Å². The van der Waals surface area contributed by atoms with Gasteiger partial charge < -0.3 is 9.72 Å². The average molecular weight is 412 g/mol. The van der Waals surface area contributed by atoms with E-state index < -0.39 is 0 Å². The van der Waals surface area contributed by atoms with Crippen molar-refractivity contribution >= 4 is 11.4 Å². The molecule has 6 nitrogen and oxygen atoms in total. The first-order chi connectivity index (χ1) is 15.3. The van der Waals surface area contributed by atoms with Crippen molar-refractivity contribution in [3.63, 3.8) is 0 Å². The molecule has 1 aliphatic heterocycles. The molecule has 6 heteroatoms. The van der Waals surface area contributed by atoms with Gasteiger partial charge in [-0.25, -0.2) is 4.98 Å². The summed E-state index contributed by atoms with van der Waals surface area (Å²) >= 11 is 0. The summed E-state index contributed by atoms with van der Waals surface area (Å²) in [6, 6.07) is 22.0. The van der Waals surface area contributed by atoms with Gasteiger partial charge in [-0.3, -0.25) is 14.7 Å². The van der Waals surface area contributed by atoms with Crippen molar-refractivity contribution in [1.82, 2.24) is 24.6 Å². The number of likely N-dealkylation sites (tertiary alicyclic amines) is 1. The summed E-state index contributed by atoms with van der Waals surface area (Å²) in [7, 11) is 0. The Morgan fingerprint density at radius 3 is 2.71 bits per heavy atom. The lowest BCUT2D eigenvalue weighted by molar-refractivity contribution is 0.0947. The summed E-state index contributed by atoms with van der Waals surface area (Å²) in [4.78, 5) is 24.8. The third kappa shape index (κ3) is 4.07. The molecule has 0 saturated carbocycles. The van der Waals surface area contributed by atoms with E-state index in [1.54, 1.807) is 0 Å². The van der Waals surface area contributed by atoms with Crippen LogP contribution in [0.5, 0.6) is 0 Å². The van der Waals surface area contributed by atoms with Crippen LogP contribution >= 0.6 is 0 Å². The minimum Gasteiger partial charge on any atom is -0.347 e. The van der Waals surface area contributed by atoms with E-state index in [1.165, 1.54) is 0 Å². The molecule has 1 aliphatic rings.